The molecule has 0 aliphatic rings. The molecule has 0 saturated heterocycles. The van der Waals surface area contributed by atoms with Gasteiger partial charge in [0.15, 0.2) is 0 Å². The topological polar surface area (TPSA) is 97.6 Å². The van der Waals surface area contributed by atoms with E-state index in [1.807, 2.05) is 48.5 Å². The minimum Gasteiger partial charge on any atom is -0.550 e. The number of carbonyl (C=O) groups excluding carboxylic acids is 1. The van der Waals surface area contributed by atoms with Gasteiger partial charge >= 0.3 is 37.7 Å². The standard InChI is InChI=1S/C33H37FN2O4.Ca/c1-22(2)32-29(21-35-26-11-7-4-8-12-26)31(23-9-5-3-6-10-23)33(24-13-15-25(34)16-14-24)36(32)18-17-27(37)19-28(38)20-30(39)40;/h3-16,22,27-28,35,37-38H,17-21H2,1-2H3,(H,39,40);/q;+2/p-1/t27-,28-;/m1./s1. The van der Waals surface area contributed by atoms with Crippen molar-refractivity contribution in [2.45, 2.75) is 64.3 Å². The first-order chi connectivity index (χ1) is 19.2. The van der Waals surface area contributed by atoms with Gasteiger partial charge in [-0.15, -0.1) is 0 Å². The zero-order chi connectivity index (χ0) is 28.6. The van der Waals surface area contributed by atoms with Gasteiger partial charge < -0.3 is 30.0 Å². The molecule has 0 saturated carbocycles. The summed E-state index contributed by atoms with van der Waals surface area (Å²) in [6.07, 6.45) is -2.38. The van der Waals surface area contributed by atoms with Crippen molar-refractivity contribution in [3.8, 4) is 22.4 Å². The number of hydrogen-bond acceptors (Lipinski definition) is 5. The van der Waals surface area contributed by atoms with Crippen molar-refractivity contribution in [3.63, 3.8) is 0 Å². The number of aromatic nitrogens is 1. The molecule has 6 nitrogen and oxygen atoms in total. The van der Waals surface area contributed by atoms with Crippen molar-refractivity contribution in [1.29, 1.82) is 0 Å². The predicted octanol–water partition coefficient (Wildman–Crippen LogP) is 4.96. The first kappa shape index (κ1) is 32.8. The molecule has 0 fully saturated rings. The van der Waals surface area contributed by atoms with Gasteiger partial charge in [-0.3, -0.25) is 0 Å². The second-order valence-corrected chi connectivity index (χ2v) is 10.4. The monoisotopic (exact) mass is 583 g/mol. The Morgan fingerprint density at radius 2 is 1.51 bits per heavy atom. The number of para-hydroxylation sites is 1. The molecule has 0 aliphatic carbocycles. The van der Waals surface area contributed by atoms with Gasteiger partial charge in [-0.05, 0) is 66.3 Å². The summed E-state index contributed by atoms with van der Waals surface area (Å²) in [6.45, 7) is 5.22. The number of aliphatic carboxylic acids is 1. The first-order valence-electron chi connectivity index (χ1n) is 13.7. The van der Waals surface area contributed by atoms with Crippen LogP contribution in [0.5, 0.6) is 0 Å². The van der Waals surface area contributed by atoms with Crippen LogP contribution >= 0.6 is 0 Å². The van der Waals surface area contributed by atoms with Crippen LogP contribution in [0.15, 0.2) is 84.9 Å². The van der Waals surface area contributed by atoms with Gasteiger partial charge in [-0.2, -0.15) is 0 Å². The average Bonchev–Trinajstić information content (AvgIpc) is 3.26. The summed E-state index contributed by atoms with van der Waals surface area (Å²) in [6, 6.07) is 26.5. The van der Waals surface area contributed by atoms with E-state index in [1.54, 1.807) is 12.1 Å². The number of anilines is 1. The number of aliphatic hydroxyl groups excluding tert-OH is 2. The van der Waals surface area contributed by atoms with E-state index in [2.05, 4.69) is 35.9 Å². The van der Waals surface area contributed by atoms with Gasteiger partial charge in [0.05, 0.1) is 17.9 Å². The van der Waals surface area contributed by atoms with Crippen molar-refractivity contribution in [2.75, 3.05) is 5.32 Å². The maximum atomic E-state index is 14.0. The molecule has 1 aromatic heterocycles. The number of halogens is 1. The maximum absolute atomic E-state index is 14.0. The summed E-state index contributed by atoms with van der Waals surface area (Å²) in [4.78, 5) is 10.9. The zero-order valence-corrected chi connectivity index (χ0v) is 25.8. The molecule has 4 aromatic rings. The Bertz CT molecular complexity index is 1390. The van der Waals surface area contributed by atoms with E-state index >= 15 is 0 Å². The average molecular weight is 584 g/mol. The van der Waals surface area contributed by atoms with Gasteiger partial charge in [0, 0.05) is 48.0 Å². The van der Waals surface area contributed by atoms with Crippen LogP contribution in [0.3, 0.4) is 0 Å². The Morgan fingerprint density at radius 3 is 2.10 bits per heavy atom. The molecule has 2 atom stereocenters. The fraction of sp³-hybridized carbons (Fsp3) is 0.303. The van der Waals surface area contributed by atoms with E-state index in [4.69, 9.17) is 0 Å². The Morgan fingerprint density at radius 1 is 0.902 bits per heavy atom. The van der Waals surface area contributed by atoms with E-state index in [0.717, 1.165) is 39.3 Å². The summed E-state index contributed by atoms with van der Waals surface area (Å²) < 4.78 is 16.2. The van der Waals surface area contributed by atoms with Crippen LogP contribution in [0.2, 0.25) is 0 Å². The number of benzene rings is 3. The van der Waals surface area contributed by atoms with Gasteiger partial charge in [0.25, 0.3) is 0 Å². The summed E-state index contributed by atoms with van der Waals surface area (Å²) in [5, 5.41) is 35.2. The van der Waals surface area contributed by atoms with Crippen molar-refractivity contribution < 1.29 is 24.5 Å². The molecule has 8 heteroatoms. The third kappa shape index (κ3) is 8.66. The largest absolute Gasteiger partial charge is 2.00 e. The van der Waals surface area contributed by atoms with Crippen LogP contribution < -0.4 is 10.4 Å². The quantitative estimate of drug-likeness (QED) is 0.193. The minimum atomic E-state index is -1.35. The molecule has 4 rings (SSSR count). The fourth-order valence-corrected chi connectivity index (χ4v) is 5.32. The first-order valence-corrected chi connectivity index (χ1v) is 13.7. The molecule has 0 radical (unpaired) electrons. The van der Waals surface area contributed by atoms with Crippen LogP contribution in [0.1, 0.15) is 50.3 Å². The number of hydrogen-bond donors (Lipinski definition) is 3. The molecule has 3 N–H and O–H groups in total. The Balaban J connectivity index is 0.00000462. The zero-order valence-electron chi connectivity index (χ0n) is 23.6. The van der Waals surface area contributed by atoms with Crippen molar-refractivity contribution in [2.24, 2.45) is 0 Å². The van der Waals surface area contributed by atoms with Crippen molar-refractivity contribution in [3.05, 3.63) is 102 Å². The molecular weight excluding hydrogens is 547 g/mol. The summed E-state index contributed by atoms with van der Waals surface area (Å²) >= 11 is 0. The fourth-order valence-electron chi connectivity index (χ4n) is 5.32. The number of rotatable bonds is 13. The summed E-state index contributed by atoms with van der Waals surface area (Å²) in [7, 11) is 0. The third-order valence-corrected chi connectivity index (χ3v) is 7.01. The van der Waals surface area contributed by atoms with Crippen LogP contribution in [0, 0.1) is 5.82 Å². The molecule has 0 amide bonds. The molecule has 210 valence electrons. The van der Waals surface area contributed by atoms with Gasteiger partial charge in [0.2, 0.25) is 0 Å². The predicted molar refractivity (Wildman–Crippen MR) is 160 cm³/mol. The third-order valence-electron chi connectivity index (χ3n) is 7.01. The number of carboxylic acid groups (broad SMARTS) is 1. The van der Waals surface area contributed by atoms with Crippen molar-refractivity contribution >= 4 is 49.4 Å². The molecule has 41 heavy (non-hydrogen) atoms. The van der Waals surface area contributed by atoms with E-state index in [0.29, 0.717) is 19.5 Å². The molecule has 0 aliphatic heterocycles. The van der Waals surface area contributed by atoms with Crippen LogP contribution in [-0.2, 0) is 17.9 Å². The SMILES string of the molecule is CC(C)c1c(CNc2ccccc2)c(-c2ccccc2)c(-c2ccc(F)cc2)n1CC[C@@H](O)C[C@@H](O)CC(=O)[O-].[Ca+2]. The van der Waals surface area contributed by atoms with Crippen molar-refractivity contribution in [1.82, 2.24) is 4.57 Å². The number of nitrogens with zero attached hydrogens (tertiary/aromatic N) is 1. The number of aliphatic hydroxyl groups is 2. The van der Waals surface area contributed by atoms with Crippen LogP contribution in [0.25, 0.3) is 22.4 Å². The Labute approximate surface area is 270 Å². The summed E-state index contributed by atoms with van der Waals surface area (Å²) in [5.74, 6) is -1.56. The number of carbonyl (C=O) groups is 1. The second kappa shape index (κ2) is 15.5. The Hall–Kier alpha value is -2.68. The molecule has 0 spiro atoms. The van der Waals surface area contributed by atoms with E-state index in [-0.39, 0.29) is 55.9 Å². The van der Waals surface area contributed by atoms with E-state index in [1.165, 1.54) is 12.1 Å². The van der Waals surface area contributed by atoms with Crippen LogP contribution in [-0.4, -0.2) is 70.7 Å². The normalized spacial score (nSPS) is 12.5. The molecule has 3 aromatic carbocycles. The van der Waals surface area contributed by atoms with Crippen LogP contribution in [0.4, 0.5) is 10.1 Å². The molecular formula is C33H36CaFN2O4+. The minimum absolute atomic E-state index is 0. The van der Waals surface area contributed by atoms with E-state index in [9.17, 15) is 24.5 Å². The molecule has 0 unspecified atom stereocenters. The Kier molecular flexibility index (Phi) is 12.4. The smallest absolute Gasteiger partial charge is 0.550 e. The van der Waals surface area contributed by atoms with Gasteiger partial charge in [-0.25, -0.2) is 4.39 Å². The number of nitrogens with one attached hydrogen (secondary N) is 1. The molecule has 0 bridgehead atoms. The van der Waals surface area contributed by atoms with Gasteiger partial charge in [0.1, 0.15) is 5.82 Å². The summed E-state index contributed by atoms with van der Waals surface area (Å²) in [5.41, 5.74) is 7.01. The van der Waals surface area contributed by atoms with E-state index < -0.39 is 24.6 Å². The second-order valence-electron chi connectivity index (χ2n) is 10.4. The molecule has 1 heterocycles. The van der Waals surface area contributed by atoms with Gasteiger partial charge in [-0.1, -0.05) is 62.4 Å². The maximum Gasteiger partial charge on any atom is 2.00 e. The number of carboxylic acids is 1.